The lowest BCUT2D eigenvalue weighted by molar-refractivity contribution is -0.124. The van der Waals surface area contributed by atoms with E-state index in [0.29, 0.717) is 22.4 Å². The predicted octanol–water partition coefficient (Wildman–Crippen LogP) is 7.56. The summed E-state index contributed by atoms with van der Waals surface area (Å²) in [5, 5.41) is 1.41. The average Bonchev–Trinajstić information content (AvgIpc) is 3.19. The second kappa shape index (κ2) is 11.3. The van der Waals surface area contributed by atoms with Gasteiger partial charge in [0, 0.05) is 22.3 Å². The van der Waals surface area contributed by atoms with Crippen LogP contribution in [-0.4, -0.2) is 27.0 Å². The lowest BCUT2D eigenvalue weighted by Crippen LogP contribution is -2.40. The zero-order valence-corrected chi connectivity index (χ0v) is 21.8. The molecule has 0 bridgehead atoms. The van der Waals surface area contributed by atoms with Crippen LogP contribution in [0.3, 0.4) is 0 Å². The van der Waals surface area contributed by atoms with Crippen LogP contribution in [0.1, 0.15) is 48.9 Å². The largest absolute Gasteiger partial charge is 0.489 e. The highest BCUT2D eigenvalue weighted by Crippen LogP contribution is 2.38. The molecular formula is C29H28ClN3O2S. The molecule has 1 aromatic heterocycles. The van der Waals surface area contributed by atoms with Crippen molar-refractivity contribution in [3.8, 4) is 5.75 Å². The van der Waals surface area contributed by atoms with Gasteiger partial charge < -0.3 is 4.74 Å². The average molecular weight is 518 g/mol. The van der Waals surface area contributed by atoms with Gasteiger partial charge in [0.05, 0.1) is 4.91 Å². The lowest BCUT2D eigenvalue weighted by Gasteiger charge is -2.30. The van der Waals surface area contributed by atoms with Gasteiger partial charge in [-0.3, -0.25) is 9.69 Å². The van der Waals surface area contributed by atoms with Crippen molar-refractivity contribution in [2.75, 3.05) is 0 Å². The Hall–Kier alpha value is -3.09. The molecule has 1 amide bonds. The summed E-state index contributed by atoms with van der Waals surface area (Å²) in [6.07, 6.45) is 7.47. The van der Waals surface area contributed by atoms with Crippen molar-refractivity contribution in [1.82, 2.24) is 9.88 Å². The Morgan fingerprint density at radius 1 is 1.06 bits per heavy atom. The number of carbonyl (C=O) groups excluding carboxylic acids is 1. The van der Waals surface area contributed by atoms with Crippen LogP contribution in [0.4, 0.5) is 5.82 Å². The second-order valence-corrected chi connectivity index (χ2v) is 10.5. The highest BCUT2D eigenvalue weighted by Gasteiger charge is 2.38. The third-order valence-electron chi connectivity index (χ3n) is 6.39. The minimum Gasteiger partial charge on any atom is -0.489 e. The molecule has 0 atom stereocenters. The number of aryl methyl sites for hydroxylation is 1. The third kappa shape index (κ3) is 5.82. The lowest BCUT2D eigenvalue weighted by atomic mass is 9.94. The summed E-state index contributed by atoms with van der Waals surface area (Å²) in [7, 11) is 0. The SMILES string of the molecule is Cc1cccc(/N=C2/S/C(=C\c3ccc(OCc4ccccc4Cl)cc3)C(=O)N2C2CCCCC2)n1. The van der Waals surface area contributed by atoms with E-state index in [4.69, 9.17) is 21.3 Å². The molecule has 1 aliphatic carbocycles. The first kappa shape index (κ1) is 24.6. The van der Waals surface area contributed by atoms with Crippen LogP contribution < -0.4 is 4.74 Å². The normalized spacial score (nSPS) is 18.8. The van der Waals surface area contributed by atoms with Crippen LogP contribution in [0.5, 0.6) is 5.75 Å². The van der Waals surface area contributed by atoms with E-state index in [2.05, 4.69) is 4.98 Å². The molecule has 2 fully saturated rings. The van der Waals surface area contributed by atoms with E-state index in [9.17, 15) is 4.79 Å². The molecular weight excluding hydrogens is 490 g/mol. The van der Waals surface area contributed by atoms with Crippen LogP contribution in [0.2, 0.25) is 5.02 Å². The Morgan fingerprint density at radius 2 is 1.83 bits per heavy atom. The highest BCUT2D eigenvalue weighted by atomic mass is 35.5. The molecule has 1 aliphatic heterocycles. The van der Waals surface area contributed by atoms with E-state index in [0.717, 1.165) is 53.4 Å². The fourth-order valence-electron chi connectivity index (χ4n) is 4.50. The summed E-state index contributed by atoms with van der Waals surface area (Å²) in [5.41, 5.74) is 2.79. The summed E-state index contributed by atoms with van der Waals surface area (Å²) in [5.74, 6) is 1.41. The zero-order chi connectivity index (χ0) is 24.9. The molecule has 36 heavy (non-hydrogen) atoms. The molecule has 1 saturated heterocycles. The molecule has 5 nitrogen and oxygen atoms in total. The number of benzene rings is 2. The molecule has 184 valence electrons. The van der Waals surface area contributed by atoms with Crippen LogP contribution in [-0.2, 0) is 11.4 Å². The number of hydrogen-bond donors (Lipinski definition) is 0. The van der Waals surface area contributed by atoms with Crippen molar-refractivity contribution < 1.29 is 9.53 Å². The first-order chi connectivity index (χ1) is 17.6. The summed E-state index contributed by atoms with van der Waals surface area (Å²) in [6.45, 7) is 2.35. The van der Waals surface area contributed by atoms with Crippen molar-refractivity contribution in [2.24, 2.45) is 4.99 Å². The smallest absolute Gasteiger partial charge is 0.267 e. The first-order valence-corrected chi connectivity index (χ1v) is 13.5. The van der Waals surface area contributed by atoms with Gasteiger partial charge in [0.1, 0.15) is 12.4 Å². The number of hydrogen-bond acceptors (Lipinski definition) is 5. The summed E-state index contributed by atoms with van der Waals surface area (Å²) >= 11 is 7.65. The van der Waals surface area contributed by atoms with Gasteiger partial charge in [-0.05, 0) is 73.5 Å². The summed E-state index contributed by atoms with van der Waals surface area (Å²) < 4.78 is 5.90. The molecule has 7 heteroatoms. The molecule has 2 heterocycles. The van der Waals surface area contributed by atoms with Crippen molar-refractivity contribution >= 4 is 46.3 Å². The molecule has 0 radical (unpaired) electrons. The molecule has 0 N–H and O–H groups in total. The van der Waals surface area contributed by atoms with Crippen LogP contribution >= 0.6 is 23.4 Å². The topological polar surface area (TPSA) is 54.8 Å². The number of amides is 1. The van der Waals surface area contributed by atoms with E-state index >= 15 is 0 Å². The molecule has 3 aromatic rings. The fraction of sp³-hybridized carbons (Fsp3) is 0.276. The Labute approximate surface area is 221 Å². The number of carbonyl (C=O) groups is 1. The van der Waals surface area contributed by atoms with Crippen LogP contribution in [0.15, 0.2) is 76.6 Å². The summed E-state index contributed by atoms with van der Waals surface area (Å²) in [6, 6.07) is 21.4. The quantitative estimate of drug-likeness (QED) is 0.316. The van der Waals surface area contributed by atoms with Gasteiger partial charge in [-0.2, -0.15) is 0 Å². The zero-order valence-electron chi connectivity index (χ0n) is 20.2. The number of thioether (sulfide) groups is 1. The number of amidine groups is 1. The van der Waals surface area contributed by atoms with Crippen molar-refractivity contribution in [2.45, 2.75) is 51.7 Å². The van der Waals surface area contributed by atoms with Gasteiger partial charge in [-0.1, -0.05) is 67.3 Å². The second-order valence-electron chi connectivity index (χ2n) is 9.06. The number of aliphatic imine (C=N–C) groups is 1. The van der Waals surface area contributed by atoms with E-state index in [1.165, 1.54) is 18.2 Å². The van der Waals surface area contributed by atoms with Crippen molar-refractivity contribution in [3.63, 3.8) is 0 Å². The number of ether oxygens (including phenoxy) is 1. The van der Waals surface area contributed by atoms with Gasteiger partial charge in [0.15, 0.2) is 11.0 Å². The fourth-order valence-corrected chi connectivity index (χ4v) is 5.74. The Bertz CT molecular complexity index is 1300. The minimum absolute atomic E-state index is 0.0253. The maximum atomic E-state index is 13.5. The molecule has 5 rings (SSSR count). The molecule has 2 aromatic carbocycles. The van der Waals surface area contributed by atoms with Crippen molar-refractivity contribution in [3.05, 3.63) is 93.5 Å². The van der Waals surface area contributed by atoms with Crippen LogP contribution in [0, 0.1) is 6.92 Å². The Balaban J connectivity index is 1.35. The number of pyridine rings is 1. The molecule has 0 unspecified atom stereocenters. The maximum Gasteiger partial charge on any atom is 0.267 e. The number of halogens is 1. The van der Waals surface area contributed by atoms with Crippen LogP contribution in [0.25, 0.3) is 6.08 Å². The Kier molecular flexibility index (Phi) is 7.73. The van der Waals surface area contributed by atoms with E-state index in [-0.39, 0.29) is 11.9 Å². The van der Waals surface area contributed by atoms with Gasteiger partial charge in [-0.15, -0.1) is 0 Å². The van der Waals surface area contributed by atoms with E-state index in [1.54, 1.807) is 0 Å². The molecule has 1 saturated carbocycles. The monoisotopic (exact) mass is 517 g/mol. The van der Waals surface area contributed by atoms with Gasteiger partial charge in [0.2, 0.25) is 0 Å². The number of rotatable bonds is 6. The number of aromatic nitrogens is 1. The van der Waals surface area contributed by atoms with E-state index in [1.807, 2.05) is 84.6 Å². The molecule has 2 aliphatic rings. The Morgan fingerprint density at radius 3 is 2.58 bits per heavy atom. The van der Waals surface area contributed by atoms with Crippen molar-refractivity contribution in [1.29, 1.82) is 0 Å². The molecule has 0 spiro atoms. The van der Waals surface area contributed by atoms with Gasteiger partial charge in [0.25, 0.3) is 5.91 Å². The highest BCUT2D eigenvalue weighted by molar-refractivity contribution is 8.18. The van der Waals surface area contributed by atoms with Gasteiger partial charge in [-0.25, -0.2) is 9.98 Å². The van der Waals surface area contributed by atoms with E-state index < -0.39 is 0 Å². The first-order valence-electron chi connectivity index (χ1n) is 12.3. The summed E-state index contributed by atoms with van der Waals surface area (Å²) in [4.78, 5) is 25.4. The van der Waals surface area contributed by atoms with Gasteiger partial charge >= 0.3 is 0 Å². The minimum atomic E-state index is 0.0253. The standard InChI is InChI=1S/C29H28ClN3O2S/c1-20-8-7-13-27(31-20)32-29-33(23-10-3-2-4-11-23)28(34)26(36-29)18-21-14-16-24(17-15-21)35-19-22-9-5-6-12-25(22)30/h5-9,12-18,23H,2-4,10-11,19H2,1H3/b26-18-,32-29+. The predicted molar refractivity (Wildman–Crippen MR) is 148 cm³/mol. The maximum absolute atomic E-state index is 13.5. The third-order valence-corrected chi connectivity index (χ3v) is 7.74. The number of nitrogens with zero attached hydrogens (tertiary/aromatic N) is 3.